The van der Waals surface area contributed by atoms with Gasteiger partial charge in [-0.1, -0.05) is 137 Å². The maximum atomic E-state index is 6.58. The average Bonchev–Trinajstić information content (AvgIpc) is 3.69. The Kier molecular flexibility index (Phi) is 10.4. The van der Waals surface area contributed by atoms with Crippen molar-refractivity contribution in [1.82, 2.24) is 19.1 Å². The van der Waals surface area contributed by atoms with Crippen molar-refractivity contribution < 1.29 is 30.4 Å². The van der Waals surface area contributed by atoms with E-state index >= 15 is 0 Å². The minimum atomic E-state index is -0.0314. The molecule has 8 aromatic rings. The zero-order chi connectivity index (χ0) is 40.7. The Labute approximate surface area is 358 Å². The van der Waals surface area contributed by atoms with E-state index in [2.05, 4.69) is 183 Å². The topological polar surface area (TPSA) is 48.8 Å². The molecule has 0 fully saturated rings. The van der Waals surface area contributed by atoms with Crippen LogP contribution < -0.4 is 9.30 Å². The van der Waals surface area contributed by atoms with Gasteiger partial charge in [-0.15, -0.1) is 17.5 Å². The van der Waals surface area contributed by atoms with Gasteiger partial charge < -0.3 is 9.30 Å². The predicted molar refractivity (Wildman–Crippen MR) is 233 cm³/mol. The Hall–Kier alpha value is -5.06. The molecule has 0 spiro atoms. The number of hydrogen-bond donors (Lipinski definition) is 0. The molecule has 58 heavy (non-hydrogen) atoms. The van der Waals surface area contributed by atoms with Gasteiger partial charge in [-0.25, -0.2) is 4.98 Å². The summed E-state index contributed by atoms with van der Waals surface area (Å²) in [6.45, 7) is 27.0. The van der Waals surface area contributed by atoms with Crippen LogP contribution in [0.15, 0.2) is 103 Å². The van der Waals surface area contributed by atoms with E-state index in [1.807, 2.05) is 29.0 Å². The Morgan fingerprint density at radius 2 is 1.17 bits per heavy atom. The molecule has 0 unspecified atom stereocenters. The molecule has 0 amide bonds. The fourth-order valence-electron chi connectivity index (χ4n) is 7.36. The van der Waals surface area contributed by atoms with Crippen LogP contribution in [-0.2, 0) is 42.7 Å². The SMILES string of the molecule is CC(C)(C)c1cc(-[n+]2[c-]n(-c3[c-]c(Oc4[c-]c5c(cc4)c4cc(C(C)(C)C)ccc4n5-c4cc(C(C)(C)C)ccn4)ccn3)c3ccccc32)cc(C(C)(C)C)c1.[Pt]. The summed E-state index contributed by atoms with van der Waals surface area (Å²) in [5.74, 6) is 2.54. The number of imidazole rings is 1. The van der Waals surface area contributed by atoms with Gasteiger partial charge in [0.2, 0.25) is 0 Å². The normalized spacial score (nSPS) is 12.7. The molecular weight excluding hydrogens is 894 g/mol. The van der Waals surface area contributed by atoms with Crippen molar-refractivity contribution in [2.75, 3.05) is 0 Å². The largest absolute Gasteiger partial charge is 0.522 e. The summed E-state index contributed by atoms with van der Waals surface area (Å²) in [5, 5.41) is 2.25. The van der Waals surface area contributed by atoms with Gasteiger partial charge in [0.05, 0.1) is 22.5 Å². The minimum absolute atomic E-state index is 0. The number of fused-ring (bicyclic) bond motifs is 4. The summed E-state index contributed by atoms with van der Waals surface area (Å²) in [7, 11) is 0. The van der Waals surface area contributed by atoms with Gasteiger partial charge >= 0.3 is 0 Å². The molecule has 4 aromatic heterocycles. The van der Waals surface area contributed by atoms with Crippen LogP contribution in [0.5, 0.6) is 11.5 Å². The van der Waals surface area contributed by atoms with E-state index in [1.165, 1.54) is 22.3 Å². The molecule has 0 aliphatic carbocycles. The van der Waals surface area contributed by atoms with Crippen LogP contribution >= 0.6 is 0 Å². The Bertz CT molecular complexity index is 2780. The molecule has 0 saturated heterocycles. The van der Waals surface area contributed by atoms with Crippen LogP contribution in [0.25, 0.3) is 50.2 Å². The number of aromatic nitrogens is 5. The van der Waals surface area contributed by atoms with Crippen LogP contribution in [0.1, 0.15) is 105 Å². The quantitative estimate of drug-likeness (QED) is 0.128. The third-order valence-corrected chi connectivity index (χ3v) is 10.9. The van der Waals surface area contributed by atoms with Crippen molar-refractivity contribution in [3.63, 3.8) is 0 Å². The van der Waals surface area contributed by atoms with Crippen molar-refractivity contribution in [3.8, 4) is 28.8 Å². The summed E-state index contributed by atoms with van der Waals surface area (Å²) >= 11 is 0. The van der Waals surface area contributed by atoms with Crippen LogP contribution in [-0.4, -0.2) is 19.1 Å². The van der Waals surface area contributed by atoms with Crippen molar-refractivity contribution in [1.29, 1.82) is 0 Å². The van der Waals surface area contributed by atoms with Crippen molar-refractivity contribution in [3.05, 3.63) is 144 Å². The summed E-state index contributed by atoms with van der Waals surface area (Å²) in [5.41, 5.74) is 10.0. The number of pyridine rings is 2. The summed E-state index contributed by atoms with van der Waals surface area (Å²) in [4.78, 5) is 9.66. The zero-order valence-corrected chi connectivity index (χ0v) is 38.0. The zero-order valence-electron chi connectivity index (χ0n) is 35.8. The Morgan fingerprint density at radius 1 is 0.552 bits per heavy atom. The third kappa shape index (κ3) is 7.76. The molecule has 6 nitrogen and oxygen atoms in total. The first-order chi connectivity index (χ1) is 26.8. The Morgan fingerprint density at radius 3 is 1.84 bits per heavy atom. The van der Waals surface area contributed by atoms with E-state index in [1.54, 1.807) is 6.20 Å². The molecule has 0 N–H and O–H groups in total. The van der Waals surface area contributed by atoms with Crippen LogP contribution in [0.3, 0.4) is 0 Å². The van der Waals surface area contributed by atoms with Gasteiger partial charge in [0, 0.05) is 38.5 Å². The van der Waals surface area contributed by atoms with E-state index in [-0.39, 0.29) is 42.7 Å². The van der Waals surface area contributed by atoms with Gasteiger partial charge in [-0.05, 0) is 85.4 Å². The summed E-state index contributed by atoms with van der Waals surface area (Å²) in [6, 6.07) is 39.3. The van der Waals surface area contributed by atoms with E-state index in [0.29, 0.717) is 17.3 Å². The molecule has 0 bridgehead atoms. The fourth-order valence-corrected chi connectivity index (χ4v) is 7.36. The maximum Gasteiger partial charge on any atom is 0.269 e. The molecule has 4 aromatic carbocycles. The van der Waals surface area contributed by atoms with Gasteiger partial charge in [0.25, 0.3) is 6.33 Å². The summed E-state index contributed by atoms with van der Waals surface area (Å²) in [6.07, 6.45) is 7.30. The van der Waals surface area contributed by atoms with E-state index in [9.17, 15) is 0 Å². The second-order valence-electron chi connectivity index (χ2n) is 19.4. The maximum absolute atomic E-state index is 6.58. The minimum Gasteiger partial charge on any atom is -0.522 e. The third-order valence-electron chi connectivity index (χ3n) is 10.9. The molecule has 0 radical (unpaired) electrons. The molecule has 0 aliphatic rings. The second-order valence-corrected chi connectivity index (χ2v) is 19.4. The Balaban J connectivity index is 0.00000512. The molecule has 0 aliphatic heterocycles. The van der Waals surface area contributed by atoms with Crippen molar-refractivity contribution in [2.45, 2.75) is 105 Å². The van der Waals surface area contributed by atoms with Crippen molar-refractivity contribution >= 4 is 32.8 Å². The molecule has 300 valence electrons. The van der Waals surface area contributed by atoms with E-state index < -0.39 is 0 Å². The molecule has 0 atom stereocenters. The second kappa shape index (κ2) is 14.6. The monoisotopic (exact) mass is 946 g/mol. The molecular formula is C51H53N5OPt-2. The first-order valence-corrected chi connectivity index (χ1v) is 19.9. The average molecular weight is 947 g/mol. The first kappa shape index (κ1) is 41.1. The number of para-hydroxylation sites is 2. The smallest absolute Gasteiger partial charge is 0.269 e. The number of hydrogen-bond acceptors (Lipinski definition) is 3. The van der Waals surface area contributed by atoms with Gasteiger partial charge in [-0.2, -0.15) is 18.2 Å². The van der Waals surface area contributed by atoms with Gasteiger partial charge in [-0.3, -0.25) is 14.1 Å². The fraction of sp³-hybridized carbons (Fsp3) is 0.314. The van der Waals surface area contributed by atoms with E-state index in [4.69, 9.17) is 14.7 Å². The van der Waals surface area contributed by atoms with Crippen LogP contribution in [0.4, 0.5) is 0 Å². The molecule has 8 rings (SSSR count). The van der Waals surface area contributed by atoms with Crippen LogP contribution in [0.2, 0.25) is 0 Å². The molecule has 0 saturated carbocycles. The van der Waals surface area contributed by atoms with E-state index in [0.717, 1.165) is 44.3 Å². The van der Waals surface area contributed by atoms with Crippen LogP contribution in [0, 0.1) is 18.5 Å². The van der Waals surface area contributed by atoms with Crippen molar-refractivity contribution in [2.24, 2.45) is 0 Å². The molecule has 4 heterocycles. The predicted octanol–water partition coefficient (Wildman–Crippen LogP) is 12.2. The van der Waals surface area contributed by atoms with Gasteiger partial charge in [0.1, 0.15) is 5.82 Å². The summed E-state index contributed by atoms with van der Waals surface area (Å²) < 4.78 is 12.9. The van der Waals surface area contributed by atoms with Gasteiger partial charge in [0.15, 0.2) is 0 Å². The number of nitrogens with zero attached hydrogens (tertiary/aromatic N) is 5. The molecule has 7 heteroatoms. The number of ether oxygens (including phenoxy) is 1. The number of rotatable bonds is 5. The first-order valence-electron chi connectivity index (χ1n) is 19.9. The standard InChI is InChI=1S/C51H53N5O.Pt/c1-48(2,3)33-17-20-42-41(28-33)40-19-18-38(30-45(40)56(42)47-29-34(21-23-53-47)49(4,5)6)57-39-22-24-52-46(31-39)55-32-54(43-15-13-14-16-44(43)55)37-26-35(50(7,8)9)25-36(27-37)51(10,11)12;/h13-29H,1-12H3;/q-2;. The number of benzene rings is 4.